The van der Waals surface area contributed by atoms with Gasteiger partial charge in [0.05, 0.1) is 0 Å². The van der Waals surface area contributed by atoms with Gasteiger partial charge in [-0.15, -0.1) is 24.0 Å². The van der Waals surface area contributed by atoms with Crippen molar-refractivity contribution in [3.63, 3.8) is 0 Å². The first-order valence-corrected chi connectivity index (χ1v) is 7.21. The Kier molecular flexibility index (Phi) is 17.9. The van der Waals surface area contributed by atoms with Crippen molar-refractivity contribution in [3.05, 3.63) is 0 Å². The third-order valence-corrected chi connectivity index (χ3v) is 2.62. The van der Waals surface area contributed by atoms with Gasteiger partial charge in [-0.2, -0.15) is 0 Å². The minimum absolute atomic E-state index is 0. The lowest BCUT2D eigenvalue weighted by Crippen LogP contribution is -2.37. The summed E-state index contributed by atoms with van der Waals surface area (Å²) in [7, 11) is 1.72. The van der Waals surface area contributed by atoms with Crippen LogP contribution in [0.1, 0.15) is 46.5 Å². The molecule has 0 saturated heterocycles. The Hall–Kier alpha value is -0.0400. The second kappa shape index (κ2) is 16.0. The molecule has 0 aromatic carbocycles. The van der Waals surface area contributed by atoms with Gasteiger partial charge in [-0.25, -0.2) is 0 Å². The number of nitrogens with zero attached hydrogens (tertiary/aromatic N) is 1. The van der Waals surface area contributed by atoms with Gasteiger partial charge in [-0.3, -0.25) is 4.99 Å². The molecule has 0 radical (unpaired) electrons. The Balaban J connectivity index is 0. The van der Waals surface area contributed by atoms with Gasteiger partial charge in [-0.05, 0) is 25.7 Å². The number of hydrogen-bond donors (Lipinski definition) is 2. The van der Waals surface area contributed by atoms with Crippen LogP contribution >= 0.6 is 24.0 Å². The fraction of sp³-hybridized carbons (Fsp3) is 0.929. The highest BCUT2D eigenvalue weighted by Gasteiger charge is 1.97. The zero-order valence-corrected chi connectivity index (χ0v) is 15.3. The van der Waals surface area contributed by atoms with Crippen LogP contribution in [0.5, 0.6) is 0 Å². The van der Waals surface area contributed by atoms with Gasteiger partial charge in [0.2, 0.25) is 0 Å². The number of ether oxygens (including phenoxy) is 1. The number of guanidine groups is 1. The Morgan fingerprint density at radius 1 is 1.16 bits per heavy atom. The van der Waals surface area contributed by atoms with Crippen molar-refractivity contribution in [2.24, 2.45) is 10.9 Å². The first kappa shape index (κ1) is 21.3. The fourth-order valence-electron chi connectivity index (χ4n) is 1.63. The van der Waals surface area contributed by atoms with Gasteiger partial charge in [0.15, 0.2) is 5.96 Å². The van der Waals surface area contributed by atoms with E-state index in [2.05, 4.69) is 36.4 Å². The SMILES string of the molecule is CCNC(=NCCCOC)NCCCCC(C)C.I. The molecule has 0 heterocycles. The maximum Gasteiger partial charge on any atom is 0.191 e. The van der Waals surface area contributed by atoms with Crippen LogP contribution in [0.25, 0.3) is 0 Å². The molecule has 0 aliphatic heterocycles. The highest BCUT2D eigenvalue weighted by Crippen LogP contribution is 2.04. The summed E-state index contributed by atoms with van der Waals surface area (Å²) in [5.74, 6) is 1.74. The molecule has 0 saturated carbocycles. The summed E-state index contributed by atoms with van der Waals surface area (Å²) >= 11 is 0. The molecule has 0 amide bonds. The van der Waals surface area contributed by atoms with Crippen molar-refractivity contribution in [1.29, 1.82) is 0 Å². The predicted octanol–water partition coefficient (Wildman–Crippen LogP) is 3.02. The molecule has 0 atom stereocenters. The molecule has 19 heavy (non-hydrogen) atoms. The minimum atomic E-state index is 0. The lowest BCUT2D eigenvalue weighted by Gasteiger charge is -2.11. The number of unbranched alkanes of at least 4 members (excludes halogenated alkanes) is 1. The zero-order chi connectivity index (χ0) is 13.6. The highest BCUT2D eigenvalue weighted by molar-refractivity contribution is 14.0. The van der Waals surface area contributed by atoms with Crippen molar-refractivity contribution in [3.8, 4) is 0 Å². The van der Waals surface area contributed by atoms with E-state index in [4.69, 9.17) is 4.74 Å². The average molecular weight is 385 g/mol. The Morgan fingerprint density at radius 2 is 1.89 bits per heavy atom. The van der Waals surface area contributed by atoms with Crippen LogP contribution in [0.2, 0.25) is 0 Å². The molecular formula is C14H32IN3O. The van der Waals surface area contributed by atoms with Crippen molar-refractivity contribution in [2.75, 3.05) is 33.4 Å². The molecule has 0 bridgehead atoms. The van der Waals surface area contributed by atoms with E-state index >= 15 is 0 Å². The van der Waals surface area contributed by atoms with Crippen LogP contribution in [0.3, 0.4) is 0 Å². The van der Waals surface area contributed by atoms with E-state index < -0.39 is 0 Å². The van der Waals surface area contributed by atoms with Crippen LogP contribution in [0.15, 0.2) is 4.99 Å². The molecule has 0 aliphatic rings. The summed E-state index contributed by atoms with van der Waals surface area (Å²) in [4.78, 5) is 4.50. The van der Waals surface area contributed by atoms with E-state index in [0.717, 1.165) is 44.5 Å². The molecule has 0 unspecified atom stereocenters. The molecule has 0 aromatic rings. The zero-order valence-electron chi connectivity index (χ0n) is 13.0. The topological polar surface area (TPSA) is 45.7 Å². The Labute approximate surface area is 136 Å². The molecule has 2 N–H and O–H groups in total. The van der Waals surface area contributed by atoms with Gasteiger partial charge < -0.3 is 15.4 Å². The summed E-state index contributed by atoms with van der Waals surface area (Å²) in [6, 6.07) is 0. The van der Waals surface area contributed by atoms with Crippen molar-refractivity contribution in [2.45, 2.75) is 46.5 Å². The molecular weight excluding hydrogens is 353 g/mol. The Morgan fingerprint density at radius 3 is 2.47 bits per heavy atom. The quantitative estimate of drug-likeness (QED) is 0.263. The maximum atomic E-state index is 5.01. The number of hydrogen-bond acceptors (Lipinski definition) is 2. The molecule has 5 heteroatoms. The van der Waals surface area contributed by atoms with Crippen molar-refractivity contribution in [1.82, 2.24) is 10.6 Å². The summed E-state index contributed by atoms with van der Waals surface area (Å²) < 4.78 is 5.01. The summed E-state index contributed by atoms with van der Waals surface area (Å²) in [5.41, 5.74) is 0. The van der Waals surface area contributed by atoms with Crippen LogP contribution in [0.4, 0.5) is 0 Å². The lowest BCUT2D eigenvalue weighted by atomic mass is 10.1. The largest absolute Gasteiger partial charge is 0.385 e. The first-order chi connectivity index (χ1) is 8.70. The van der Waals surface area contributed by atoms with E-state index in [1.54, 1.807) is 7.11 Å². The fourth-order valence-corrected chi connectivity index (χ4v) is 1.63. The number of nitrogens with one attached hydrogen (secondary N) is 2. The van der Waals surface area contributed by atoms with Gasteiger partial charge >= 0.3 is 0 Å². The summed E-state index contributed by atoms with van der Waals surface area (Å²) in [5, 5.41) is 6.63. The summed E-state index contributed by atoms with van der Waals surface area (Å²) in [6.07, 6.45) is 4.78. The third-order valence-electron chi connectivity index (χ3n) is 2.62. The minimum Gasteiger partial charge on any atom is -0.385 e. The normalized spacial score (nSPS) is 11.3. The highest BCUT2D eigenvalue weighted by atomic mass is 127. The molecule has 0 fully saturated rings. The van der Waals surface area contributed by atoms with E-state index in [0.29, 0.717) is 0 Å². The van der Waals surface area contributed by atoms with E-state index in [-0.39, 0.29) is 24.0 Å². The average Bonchev–Trinajstić information content (AvgIpc) is 2.33. The third kappa shape index (κ3) is 15.9. The maximum absolute atomic E-state index is 5.01. The van der Waals surface area contributed by atoms with Gasteiger partial charge in [-0.1, -0.05) is 26.7 Å². The van der Waals surface area contributed by atoms with Gasteiger partial charge in [0.1, 0.15) is 0 Å². The second-order valence-corrected chi connectivity index (χ2v) is 4.92. The molecule has 0 aromatic heterocycles. The first-order valence-electron chi connectivity index (χ1n) is 7.21. The van der Waals surface area contributed by atoms with Crippen LogP contribution in [0, 0.1) is 5.92 Å². The van der Waals surface area contributed by atoms with Gasteiger partial charge in [0.25, 0.3) is 0 Å². The van der Waals surface area contributed by atoms with Crippen LogP contribution in [-0.4, -0.2) is 39.3 Å². The summed E-state index contributed by atoms with van der Waals surface area (Å²) in [6.45, 7) is 10.1. The monoisotopic (exact) mass is 385 g/mol. The molecule has 0 rings (SSSR count). The number of aliphatic imine (C=N–C) groups is 1. The van der Waals surface area contributed by atoms with Crippen molar-refractivity contribution >= 4 is 29.9 Å². The van der Waals surface area contributed by atoms with E-state index in [1.807, 2.05) is 0 Å². The number of methoxy groups -OCH3 is 1. The van der Waals surface area contributed by atoms with Crippen LogP contribution < -0.4 is 10.6 Å². The van der Waals surface area contributed by atoms with Crippen molar-refractivity contribution < 1.29 is 4.74 Å². The van der Waals surface area contributed by atoms with E-state index in [1.165, 1.54) is 19.3 Å². The van der Waals surface area contributed by atoms with E-state index in [9.17, 15) is 0 Å². The lowest BCUT2D eigenvalue weighted by molar-refractivity contribution is 0.197. The smallest absolute Gasteiger partial charge is 0.191 e. The number of rotatable bonds is 10. The molecule has 0 aliphatic carbocycles. The van der Waals surface area contributed by atoms with Gasteiger partial charge in [0, 0.05) is 33.4 Å². The molecule has 0 spiro atoms. The molecule has 116 valence electrons. The molecule has 4 nitrogen and oxygen atoms in total. The Bertz CT molecular complexity index is 211. The number of halogens is 1. The van der Waals surface area contributed by atoms with Crippen LogP contribution in [-0.2, 0) is 4.74 Å². The standard InChI is InChI=1S/C14H31N3O.HI/c1-5-15-14(17-11-8-12-18-4)16-10-7-6-9-13(2)3;/h13H,5-12H2,1-4H3,(H2,15,16,17);1H. The second-order valence-electron chi connectivity index (χ2n) is 4.92. The predicted molar refractivity (Wildman–Crippen MR) is 94.6 cm³/mol.